The van der Waals surface area contributed by atoms with E-state index in [1.54, 1.807) is 0 Å². The summed E-state index contributed by atoms with van der Waals surface area (Å²) < 4.78 is 19.7. The Morgan fingerprint density at radius 3 is 2.81 bits per heavy atom. The maximum absolute atomic E-state index is 14.1. The fraction of sp³-hybridized carbons (Fsp3) is 0.524. The van der Waals surface area contributed by atoms with Crippen LogP contribution in [0, 0.1) is 17.7 Å². The Morgan fingerprint density at radius 2 is 2.10 bits per heavy atom. The summed E-state index contributed by atoms with van der Waals surface area (Å²) in [6, 6.07) is 3.10. The summed E-state index contributed by atoms with van der Waals surface area (Å²) >= 11 is 0. The highest BCUT2D eigenvalue weighted by molar-refractivity contribution is 6.15. The lowest BCUT2D eigenvalue weighted by molar-refractivity contribution is -0.144. The normalized spacial score (nSPS) is 33.8. The summed E-state index contributed by atoms with van der Waals surface area (Å²) in [5.41, 5.74) is -0.983. The van der Waals surface area contributed by atoms with Crippen molar-refractivity contribution in [3.05, 3.63) is 29.6 Å². The van der Waals surface area contributed by atoms with E-state index in [9.17, 15) is 23.6 Å². The zero-order chi connectivity index (χ0) is 21.9. The molecule has 0 aliphatic carbocycles. The number of nitrogens with one attached hydrogen (secondary N) is 2. The zero-order valence-electron chi connectivity index (χ0n) is 16.6. The second kappa shape index (κ2) is 7.10. The third kappa shape index (κ3) is 2.89. The molecule has 0 radical (unpaired) electrons. The third-order valence-corrected chi connectivity index (χ3v) is 6.85. The van der Waals surface area contributed by atoms with Gasteiger partial charge in [0, 0.05) is 30.3 Å². The molecule has 10 heteroatoms. The molecular weight excluding hydrogens is 409 g/mol. The summed E-state index contributed by atoms with van der Waals surface area (Å²) in [6.07, 6.45) is 1.14. The number of amides is 3. The molecule has 4 aliphatic rings. The fourth-order valence-electron chi connectivity index (χ4n) is 5.53. The Balaban J connectivity index is 1.57. The van der Waals surface area contributed by atoms with Crippen molar-refractivity contribution in [3.8, 4) is 0 Å². The molecule has 4 aliphatic heterocycles. The smallest absolute Gasteiger partial charge is 0.303 e. The van der Waals surface area contributed by atoms with E-state index in [2.05, 4.69) is 10.6 Å². The van der Waals surface area contributed by atoms with Crippen LogP contribution < -0.4 is 10.6 Å². The van der Waals surface area contributed by atoms with E-state index in [4.69, 9.17) is 9.84 Å². The van der Waals surface area contributed by atoms with Gasteiger partial charge in [0.05, 0.1) is 24.5 Å². The SMILES string of the molecule is O=C(O)CC[C@@H]1N[C@@]2(C(=O)Nc3ccc(F)cc32)[C@H]2C(=O)N(C[C@H]3CCCO3)C(=O)[C@@H]12. The summed E-state index contributed by atoms with van der Waals surface area (Å²) in [6.45, 7) is 0.666. The monoisotopic (exact) mass is 431 g/mol. The predicted octanol–water partition coefficient (Wildman–Crippen LogP) is 0.590. The molecule has 0 saturated carbocycles. The van der Waals surface area contributed by atoms with Crippen molar-refractivity contribution in [2.75, 3.05) is 18.5 Å². The maximum Gasteiger partial charge on any atom is 0.303 e. The van der Waals surface area contributed by atoms with Crippen LogP contribution >= 0.6 is 0 Å². The van der Waals surface area contributed by atoms with Crippen LogP contribution in [0.15, 0.2) is 18.2 Å². The first-order valence-corrected chi connectivity index (χ1v) is 10.4. The van der Waals surface area contributed by atoms with Crippen LogP contribution in [-0.4, -0.2) is 59.0 Å². The molecule has 3 N–H and O–H groups in total. The molecule has 1 aromatic carbocycles. The molecule has 3 fully saturated rings. The Morgan fingerprint density at radius 1 is 1.29 bits per heavy atom. The molecule has 1 aromatic rings. The second-order valence-corrected chi connectivity index (χ2v) is 8.56. The van der Waals surface area contributed by atoms with Gasteiger partial charge < -0.3 is 15.2 Å². The number of carbonyl (C=O) groups excluding carboxylic acids is 3. The number of imide groups is 1. The minimum absolute atomic E-state index is 0.0585. The van der Waals surface area contributed by atoms with Gasteiger partial charge in [-0.25, -0.2) is 4.39 Å². The number of carbonyl (C=O) groups is 4. The van der Waals surface area contributed by atoms with Gasteiger partial charge in [0.25, 0.3) is 0 Å². The lowest BCUT2D eigenvalue weighted by Crippen LogP contribution is -2.53. The van der Waals surface area contributed by atoms with E-state index < -0.39 is 52.9 Å². The van der Waals surface area contributed by atoms with Crippen molar-refractivity contribution < 1.29 is 33.4 Å². The Bertz CT molecular complexity index is 993. The fourth-order valence-corrected chi connectivity index (χ4v) is 5.53. The zero-order valence-corrected chi connectivity index (χ0v) is 16.6. The van der Waals surface area contributed by atoms with Crippen molar-refractivity contribution in [2.24, 2.45) is 11.8 Å². The van der Waals surface area contributed by atoms with Gasteiger partial charge in [0.15, 0.2) is 0 Å². The molecule has 0 aromatic heterocycles. The average molecular weight is 431 g/mol. The number of halogens is 1. The molecule has 4 heterocycles. The summed E-state index contributed by atoms with van der Waals surface area (Å²) in [5, 5.41) is 14.9. The summed E-state index contributed by atoms with van der Waals surface area (Å²) in [4.78, 5) is 52.3. The van der Waals surface area contributed by atoms with E-state index in [0.29, 0.717) is 12.3 Å². The molecule has 164 valence electrons. The predicted molar refractivity (Wildman–Crippen MR) is 103 cm³/mol. The van der Waals surface area contributed by atoms with Gasteiger partial charge in [-0.15, -0.1) is 0 Å². The number of hydrogen-bond donors (Lipinski definition) is 3. The van der Waals surface area contributed by atoms with Crippen LogP contribution in [0.4, 0.5) is 10.1 Å². The van der Waals surface area contributed by atoms with Crippen molar-refractivity contribution in [1.82, 2.24) is 10.2 Å². The van der Waals surface area contributed by atoms with Crippen molar-refractivity contribution in [2.45, 2.75) is 43.4 Å². The number of anilines is 1. The highest BCUT2D eigenvalue weighted by atomic mass is 19.1. The molecule has 3 amide bonds. The molecule has 5 atom stereocenters. The summed E-state index contributed by atoms with van der Waals surface area (Å²) in [5.74, 6) is -5.10. The lowest BCUT2D eigenvalue weighted by Gasteiger charge is -2.30. The van der Waals surface area contributed by atoms with Gasteiger partial charge in [-0.05, 0) is 37.5 Å². The minimum Gasteiger partial charge on any atom is -0.481 e. The molecule has 31 heavy (non-hydrogen) atoms. The van der Waals surface area contributed by atoms with Crippen LogP contribution in [0.1, 0.15) is 31.2 Å². The quantitative estimate of drug-likeness (QED) is 0.583. The number of hydrogen-bond acceptors (Lipinski definition) is 6. The van der Waals surface area contributed by atoms with E-state index in [0.717, 1.165) is 17.7 Å². The van der Waals surface area contributed by atoms with E-state index in [1.807, 2.05) is 0 Å². The number of rotatable bonds is 5. The number of fused-ring (bicyclic) bond motifs is 4. The lowest BCUT2D eigenvalue weighted by atomic mass is 9.76. The Labute approximate surface area is 176 Å². The molecule has 3 saturated heterocycles. The first-order valence-electron chi connectivity index (χ1n) is 10.4. The van der Waals surface area contributed by atoms with Gasteiger partial charge in [-0.3, -0.25) is 29.4 Å². The number of likely N-dealkylation sites (tertiary alicyclic amines) is 1. The van der Waals surface area contributed by atoms with E-state index in [1.165, 1.54) is 18.2 Å². The first-order chi connectivity index (χ1) is 14.8. The van der Waals surface area contributed by atoms with Crippen LogP contribution in [0.25, 0.3) is 0 Å². The number of nitrogens with zero attached hydrogens (tertiary/aromatic N) is 1. The standard InChI is InChI=1S/C21H22FN3O6/c22-10-3-4-13-12(8-10)21(20(30)23-13)17-16(14(24-21)5-6-15(26)27)18(28)25(19(17)29)9-11-2-1-7-31-11/h3-4,8,11,14,16-17,24H,1-2,5-7,9H2,(H,23,30)(H,26,27)/t11-,14+,16+,17-,21-/m1/s1. The molecule has 0 bridgehead atoms. The van der Waals surface area contributed by atoms with Gasteiger partial charge >= 0.3 is 5.97 Å². The number of aliphatic carboxylic acids is 1. The molecule has 9 nitrogen and oxygen atoms in total. The van der Waals surface area contributed by atoms with Crippen LogP contribution in [-0.2, 0) is 29.5 Å². The van der Waals surface area contributed by atoms with Crippen LogP contribution in [0.5, 0.6) is 0 Å². The third-order valence-electron chi connectivity index (χ3n) is 6.85. The van der Waals surface area contributed by atoms with E-state index in [-0.39, 0.29) is 31.1 Å². The van der Waals surface area contributed by atoms with Crippen LogP contribution in [0.3, 0.4) is 0 Å². The molecule has 0 unspecified atom stereocenters. The number of carboxylic acid groups (broad SMARTS) is 1. The van der Waals surface area contributed by atoms with Crippen LogP contribution in [0.2, 0.25) is 0 Å². The van der Waals surface area contributed by atoms with Gasteiger partial charge in [0.2, 0.25) is 17.7 Å². The van der Waals surface area contributed by atoms with Crippen molar-refractivity contribution in [1.29, 1.82) is 0 Å². The van der Waals surface area contributed by atoms with E-state index >= 15 is 0 Å². The Hall–Kier alpha value is -2.85. The molecule has 5 rings (SSSR count). The highest BCUT2D eigenvalue weighted by Crippen LogP contribution is 2.53. The first kappa shape index (κ1) is 20.1. The maximum atomic E-state index is 14.1. The van der Waals surface area contributed by atoms with Gasteiger partial charge in [0.1, 0.15) is 11.4 Å². The number of carboxylic acids is 1. The van der Waals surface area contributed by atoms with Gasteiger partial charge in [-0.1, -0.05) is 0 Å². The largest absolute Gasteiger partial charge is 0.481 e. The molecule has 1 spiro atoms. The number of ether oxygens (including phenoxy) is 1. The Kier molecular flexibility index (Phi) is 4.60. The topological polar surface area (TPSA) is 125 Å². The van der Waals surface area contributed by atoms with Crippen molar-refractivity contribution >= 4 is 29.4 Å². The second-order valence-electron chi connectivity index (χ2n) is 8.56. The minimum atomic E-state index is -1.62. The highest BCUT2D eigenvalue weighted by Gasteiger charge is 2.70. The summed E-state index contributed by atoms with van der Waals surface area (Å²) in [7, 11) is 0. The average Bonchev–Trinajstić information content (AvgIpc) is 3.46. The van der Waals surface area contributed by atoms with Gasteiger partial charge in [-0.2, -0.15) is 0 Å². The molecular formula is C21H22FN3O6. The number of benzene rings is 1. The van der Waals surface area contributed by atoms with Crippen molar-refractivity contribution in [3.63, 3.8) is 0 Å².